The zero-order chi connectivity index (χ0) is 15.0. The summed E-state index contributed by atoms with van der Waals surface area (Å²) in [5.41, 5.74) is 0.781. The Kier molecular flexibility index (Phi) is 7.36. The number of ether oxygens (including phenoxy) is 2. The van der Waals surface area contributed by atoms with Crippen LogP contribution in [-0.4, -0.2) is 57.5 Å². The summed E-state index contributed by atoms with van der Waals surface area (Å²) in [7, 11) is 5.65. The minimum Gasteiger partial charge on any atom is -0.507 e. The number of hydrogen-bond donors (Lipinski definition) is 2. The third kappa shape index (κ3) is 5.36. The second-order valence-corrected chi connectivity index (χ2v) is 4.98. The molecule has 0 aliphatic rings. The van der Waals surface area contributed by atoms with Gasteiger partial charge in [0.25, 0.3) is 0 Å². The molecule has 0 aliphatic heterocycles. The summed E-state index contributed by atoms with van der Waals surface area (Å²) >= 11 is 0. The largest absolute Gasteiger partial charge is 0.507 e. The highest BCUT2D eigenvalue weighted by Gasteiger charge is 2.15. The standard InChI is InChI=1S/C15H26N2O3/c1-12(16-8-10-20-11-9-17(2)3)15-13(18)6-5-7-14(15)19-4/h5-7,12,16,18H,8-11H2,1-4H3. The molecule has 0 radical (unpaired) electrons. The molecule has 0 fully saturated rings. The van der Waals surface area contributed by atoms with E-state index in [0.29, 0.717) is 12.4 Å². The Labute approximate surface area is 121 Å². The van der Waals surface area contributed by atoms with Crippen LogP contribution in [0.25, 0.3) is 0 Å². The molecule has 1 aromatic rings. The minimum atomic E-state index is 0.00333. The van der Waals surface area contributed by atoms with Crippen molar-refractivity contribution in [1.82, 2.24) is 10.2 Å². The summed E-state index contributed by atoms with van der Waals surface area (Å²) in [6, 6.07) is 5.29. The Morgan fingerprint density at radius 1 is 1.30 bits per heavy atom. The molecule has 0 amide bonds. The van der Waals surface area contributed by atoms with Crippen molar-refractivity contribution in [2.75, 3.05) is 47.5 Å². The number of nitrogens with zero attached hydrogens (tertiary/aromatic N) is 1. The molecular formula is C15H26N2O3. The molecule has 0 spiro atoms. The number of nitrogens with one attached hydrogen (secondary N) is 1. The molecule has 5 heteroatoms. The van der Waals surface area contributed by atoms with Gasteiger partial charge in [-0.15, -0.1) is 0 Å². The van der Waals surface area contributed by atoms with Crippen molar-refractivity contribution in [2.24, 2.45) is 0 Å². The molecule has 114 valence electrons. The summed E-state index contributed by atoms with van der Waals surface area (Å²) in [5, 5.41) is 13.3. The fourth-order valence-corrected chi connectivity index (χ4v) is 1.94. The van der Waals surface area contributed by atoms with E-state index in [1.807, 2.05) is 27.1 Å². The highest BCUT2D eigenvalue weighted by Crippen LogP contribution is 2.32. The van der Waals surface area contributed by atoms with E-state index in [-0.39, 0.29) is 11.8 Å². The molecule has 0 saturated carbocycles. The topological polar surface area (TPSA) is 54.0 Å². The minimum absolute atomic E-state index is 0.00333. The average Bonchev–Trinajstić information content (AvgIpc) is 2.41. The second kappa shape index (κ2) is 8.79. The Balaban J connectivity index is 2.38. The van der Waals surface area contributed by atoms with Crippen LogP contribution in [0.3, 0.4) is 0 Å². The van der Waals surface area contributed by atoms with Crippen LogP contribution in [-0.2, 0) is 4.74 Å². The first-order valence-electron chi connectivity index (χ1n) is 6.88. The molecule has 1 atom stereocenters. The van der Waals surface area contributed by atoms with Crippen LogP contribution in [0.4, 0.5) is 0 Å². The fourth-order valence-electron chi connectivity index (χ4n) is 1.94. The van der Waals surface area contributed by atoms with Crippen LogP contribution in [0, 0.1) is 0 Å². The molecule has 0 heterocycles. The van der Waals surface area contributed by atoms with E-state index in [4.69, 9.17) is 9.47 Å². The average molecular weight is 282 g/mol. The van der Waals surface area contributed by atoms with E-state index in [1.165, 1.54) is 0 Å². The Hall–Kier alpha value is -1.30. The van der Waals surface area contributed by atoms with Crippen LogP contribution < -0.4 is 10.1 Å². The van der Waals surface area contributed by atoms with E-state index in [0.717, 1.165) is 25.3 Å². The maximum Gasteiger partial charge on any atom is 0.127 e. The Bertz CT molecular complexity index is 397. The van der Waals surface area contributed by atoms with Crippen LogP contribution in [0.2, 0.25) is 0 Å². The van der Waals surface area contributed by atoms with Crippen LogP contribution in [0.1, 0.15) is 18.5 Å². The lowest BCUT2D eigenvalue weighted by Crippen LogP contribution is -2.25. The lowest BCUT2D eigenvalue weighted by Gasteiger charge is -2.18. The highest BCUT2D eigenvalue weighted by molar-refractivity contribution is 5.45. The van der Waals surface area contributed by atoms with Gasteiger partial charge in [-0.05, 0) is 33.2 Å². The third-order valence-corrected chi connectivity index (χ3v) is 3.08. The van der Waals surface area contributed by atoms with E-state index < -0.39 is 0 Å². The molecule has 20 heavy (non-hydrogen) atoms. The van der Waals surface area contributed by atoms with Gasteiger partial charge in [-0.1, -0.05) is 6.07 Å². The smallest absolute Gasteiger partial charge is 0.127 e. The fraction of sp³-hybridized carbons (Fsp3) is 0.600. The number of likely N-dealkylation sites (N-methyl/N-ethyl adjacent to an activating group) is 1. The van der Waals surface area contributed by atoms with Gasteiger partial charge in [0.1, 0.15) is 11.5 Å². The van der Waals surface area contributed by atoms with Crippen molar-refractivity contribution in [3.05, 3.63) is 23.8 Å². The van der Waals surface area contributed by atoms with E-state index >= 15 is 0 Å². The van der Waals surface area contributed by atoms with Crippen LogP contribution in [0.15, 0.2) is 18.2 Å². The molecule has 0 aromatic heterocycles. The van der Waals surface area contributed by atoms with Crippen molar-refractivity contribution >= 4 is 0 Å². The maximum absolute atomic E-state index is 9.94. The molecule has 0 aliphatic carbocycles. The van der Waals surface area contributed by atoms with Gasteiger partial charge in [-0.2, -0.15) is 0 Å². The molecular weight excluding hydrogens is 256 g/mol. The number of rotatable bonds is 9. The summed E-state index contributed by atoms with van der Waals surface area (Å²) in [5.74, 6) is 0.941. The molecule has 2 N–H and O–H groups in total. The number of methoxy groups -OCH3 is 1. The molecule has 5 nitrogen and oxygen atoms in total. The van der Waals surface area contributed by atoms with Crippen molar-refractivity contribution < 1.29 is 14.6 Å². The third-order valence-electron chi connectivity index (χ3n) is 3.08. The zero-order valence-electron chi connectivity index (χ0n) is 12.8. The predicted molar refractivity (Wildman–Crippen MR) is 80.4 cm³/mol. The van der Waals surface area contributed by atoms with Gasteiger partial charge in [-0.25, -0.2) is 0 Å². The summed E-state index contributed by atoms with van der Waals surface area (Å²) < 4.78 is 10.8. The molecule has 1 aromatic carbocycles. The maximum atomic E-state index is 9.94. The van der Waals surface area contributed by atoms with Gasteiger partial charge in [-0.3, -0.25) is 0 Å². The SMILES string of the molecule is COc1cccc(O)c1C(C)NCCOCCN(C)C. The van der Waals surface area contributed by atoms with E-state index in [1.54, 1.807) is 19.2 Å². The number of phenolic OH excluding ortho intramolecular Hbond substituents is 1. The van der Waals surface area contributed by atoms with Crippen molar-refractivity contribution in [1.29, 1.82) is 0 Å². The normalized spacial score (nSPS) is 12.7. The van der Waals surface area contributed by atoms with Crippen LogP contribution in [0.5, 0.6) is 11.5 Å². The first-order valence-corrected chi connectivity index (χ1v) is 6.88. The monoisotopic (exact) mass is 282 g/mol. The van der Waals surface area contributed by atoms with Gasteiger partial charge in [0, 0.05) is 19.1 Å². The van der Waals surface area contributed by atoms with Gasteiger partial charge in [0.05, 0.1) is 25.9 Å². The van der Waals surface area contributed by atoms with Gasteiger partial charge in [0.2, 0.25) is 0 Å². The quantitative estimate of drug-likeness (QED) is 0.674. The summed E-state index contributed by atoms with van der Waals surface area (Å²) in [6.07, 6.45) is 0. The van der Waals surface area contributed by atoms with Crippen molar-refractivity contribution in [2.45, 2.75) is 13.0 Å². The first-order chi connectivity index (χ1) is 9.56. The Morgan fingerprint density at radius 2 is 2.05 bits per heavy atom. The summed E-state index contributed by atoms with van der Waals surface area (Å²) in [6.45, 7) is 5.02. The number of aromatic hydroxyl groups is 1. The first kappa shape index (κ1) is 16.8. The van der Waals surface area contributed by atoms with Gasteiger partial charge < -0.3 is 24.8 Å². The van der Waals surface area contributed by atoms with Crippen molar-refractivity contribution in [3.63, 3.8) is 0 Å². The number of hydrogen-bond acceptors (Lipinski definition) is 5. The lowest BCUT2D eigenvalue weighted by atomic mass is 10.1. The van der Waals surface area contributed by atoms with Crippen LogP contribution >= 0.6 is 0 Å². The molecule has 0 saturated heterocycles. The Morgan fingerprint density at radius 3 is 2.70 bits per heavy atom. The van der Waals surface area contributed by atoms with Gasteiger partial charge >= 0.3 is 0 Å². The lowest BCUT2D eigenvalue weighted by molar-refractivity contribution is 0.118. The number of benzene rings is 1. The molecule has 0 bridgehead atoms. The molecule has 1 unspecified atom stereocenters. The summed E-state index contributed by atoms with van der Waals surface area (Å²) in [4.78, 5) is 2.09. The van der Waals surface area contributed by atoms with E-state index in [2.05, 4.69) is 10.2 Å². The number of phenols is 1. The zero-order valence-corrected chi connectivity index (χ0v) is 12.8. The highest BCUT2D eigenvalue weighted by atomic mass is 16.5. The predicted octanol–water partition coefficient (Wildman–Crippen LogP) is 1.63. The molecule has 1 rings (SSSR count). The van der Waals surface area contributed by atoms with Crippen molar-refractivity contribution in [3.8, 4) is 11.5 Å². The van der Waals surface area contributed by atoms with Gasteiger partial charge in [0.15, 0.2) is 0 Å². The van der Waals surface area contributed by atoms with E-state index in [9.17, 15) is 5.11 Å². The second-order valence-electron chi connectivity index (χ2n) is 4.98.